The number of hydrogen-bond donors (Lipinski definition) is 0. The van der Waals surface area contributed by atoms with Gasteiger partial charge in [-0.3, -0.25) is 9.36 Å². The van der Waals surface area contributed by atoms with Crippen molar-refractivity contribution in [1.82, 2.24) is 9.55 Å². The van der Waals surface area contributed by atoms with E-state index in [1.165, 1.54) is 11.1 Å². The summed E-state index contributed by atoms with van der Waals surface area (Å²) in [6.45, 7) is 8.17. The summed E-state index contributed by atoms with van der Waals surface area (Å²) in [5.41, 5.74) is 7.07. The van der Waals surface area contributed by atoms with E-state index in [1.807, 2.05) is 51.1 Å². The van der Waals surface area contributed by atoms with Gasteiger partial charge in [0.1, 0.15) is 6.33 Å². The van der Waals surface area contributed by atoms with Gasteiger partial charge in [-0.2, -0.15) is 0 Å². The summed E-state index contributed by atoms with van der Waals surface area (Å²) >= 11 is 0. The van der Waals surface area contributed by atoms with E-state index < -0.39 is 0 Å². The molecular weight excluding hydrogens is 260 g/mol. The number of fused-ring (bicyclic) bond motifs is 1. The van der Waals surface area contributed by atoms with Gasteiger partial charge in [0.2, 0.25) is 0 Å². The zero-order valence-corrected chi connectivity index (χ0v) is 12.8. The number of carbonyl (C=O) groups is 1. The number of hydrogen-bond acceptors (Lipinski definition) is 2. The third-order valence-corrected chi connectivity index (χ3v) is 4.14. The fraction of sp³-hybridized carbons (Fsp3) is 0.222. The molecule has 0 N–H and O–H groups in total. The maximum absolute atomic E-state index is 12.7. The predicted octanol–water partition coefficient (Wildman–Crippen LogP) is 3.96. The molecule has 1 aromatic heterocycles. The Morgan fingerprint density at radius 3 is 2.29 bits per heavy atom. The molecule has 0 aliphatic carbocycles. The zero-order chi connectivity index (χ0) is 15.1. The first-order valence-electron chi connectivity index (χ1n) is 7.03. The molecule has 0 unspecified atom stereocenters. The fourth-order valence-electron chi connectivity index (χ4n) is 2.44. The van der Waals surface area contributed by atoms with E-state index >= 15 is 0 Å². The summed E-state index contributed by atoms with van der Waals surface area (Å²) in [4.78, 5) is 17.1. The molecule has 0 bridgehead atoms. The van der Waals surface area contributed by atoms with Crippen LogP contribution in [0, 0.1) is 27.7 Å². The summed E-state index contributed by atoms with van der Waals surface area (Å²) < 4.78 is 1.63. The molecule has 2 aromatic carbocycles. The summed E-state index contributed by atoms with van der Waals surface area (Å²) in [6.07, 6.45) is 1.61. The Bertz CT molecular complexity index is 859. The number of rotatable bonds is 1. The van der Waals surface area contributed by atoms with E-state index in [1.54, 1.807) is 10.9 Å². The van der Waals surface area contributed by atoms with E-state index in [4.69, 9.17) is 0 Å². The Morgan fingerprint density at radius 1 is 0.905 bits per heavy atom. The van der Waals surface area contributed by atoms with Crippen molar-refractivity contribution in [1.29, 1.82) is 0 Å². The van der Waals surface area contributed by atoms with Crippen molar-refractivity contribution in [2.24, 2.45) is 0 Å². The first kappa shape index (κ1) is 13.6. The van der Waals surface area contributed by atoms with Gasteiger partial charge < -0.3 is 0 Å². The van der Waals surface area contributed by atoms with Crippen LogP contribution in [0.25, 0.3) is 11.0 Å². The Balaban J connectivity index is 2.13. The van der Waals surface area contributed by atoms with Gasteiger partial charge >= 0.3 is 0 Å². The van der Waals surface area contributed by atoms with Crippen molar-refractivity contribution in [3.63, 3.8) is 0 Å². The van der Waals surface area contributed by atoms with Gasteiger partial charge in [-0.1, -0.05) is 6.07 Å². The lowest BCUT2D eigenvalue weighted by molar-refractivity contribution is 0.0964. The van der Waals surface area contributed by atoms with Crippen LogP contribution < -0.4 is 0 Å². The zero-order valence-electron chi connectivity index (χ0n) is 12.8. The maximum Gasteiger partial charge on any atom is 0.263 e. The third kappa shape index (κ3) is 2.25. The maximum atomic E-state index is 12.7. The van der Waals surface area contributed by atoms with E-state index in [2.05, 4.69) is 11.9 Å². The van der Waals surface area contributed by atoms with Crippen LogP contribution in [0.2, 0.25) is 0 Å². The van der Waals surface area contributed by atoms with Crippen molar-refractivity contribution in [3.8, 4) is 0 Å². The van der Waals surface area contributed by atoms with Crippen LogP contribution in [0.15, 0.2) is 36.7 Å². The lowest BCUT2D eigenvalue weighted by Gasteiger charge is -2.07. The van der Waals surface area contributed by atoms with E-state index in [-0.39, 0.29) is 5.91 Å². The highest BCUT2D eigenvalue weighted by molar-refractivity contribution is 6.01. The van der Waals surface area contributed by atoms with Gasteiger partial charge in [-0.25, -0.2) is 4.98 Å². The van der Waals surface area contributed by atoms with Crippen LogP contribution in [-0.2, 0) is 0 Å². The van der Waals surface area contributed by atoms with Gasteiger partial charge in [0.25, 0.3) is 5.91 Å². The normalized spacial score (nSPS) is 11.0. The molecular formula is C18H18N2O. The average molecular weight is 278 g/mol. The molecule has 3 nitrogen and oxygen atoms in total. The summed E-state index contributed by atoms with van der Waals surface area (Å²) in [5.74, 6) is -0.0381. The molecule has 106 valence electrons. The number of nitrogens with zero attached hydrogens (tertiary/aromatic N) is 2. The highest BCUT2D eigenvalue weighted by atomic mass is 16.2. The third-order valence-electron chi connectivity index (χ3n) is 4.14. The Kier molecular flexibility index (Phi) is 3.13. The molecule has 0 atom stereocenters. The van der Waals surface area contributed by atoms with E-state index in [0.29, 0.717) is 5.56 Å². The SMILES string of the molecule is Cc1ccc(C(=O)n2cnc3cc(C)c(C)cc32)cc1C. The van der Waals surface area contributed by atoms with Crippen molar-refractivity contribution in [2.75, 3.05) is 0 Å². The van der Waals surface area contributed by atoms with Gasteiger partial charge in [-0.15, -0.1) is 0 Å². The number of imidazole rings is 1. The molecule has 0 spiro atoms. The molecule has 3 heteroatoms. The smallest absolute Gasteiger partial charge is 0.263 e. The van der Waals surface area contributed by atoms with Gasteiger partial charge in [0, 0.05) is 5.56 Å². The second kappa shape index (κ2) is 4.85. The molecule has 0 amide bonds. The predicted molar refractivity (Wildman–Crippen MR) is 84.9 cm³/mol. The second-order valence-electron chi connectivity index (χ2n) is 5.64. The molecule has 3 rings (SSSR count). The monoisotopic (exact) mass is 278 g/mol. The average Bonchev–Trinajstić information content (AvgIpc) is 2.84. The van der Waals surface area contributed by atoms with Crippen LogP contribution in [0.4, 0.5) is 0 Å². The molecule has 0 aliphatic heterocycles. The molecule has 0 saturated carbocycles. The number of aromatic nitrogens is 2. The van der Waals surface area contributed by atoms with Crippen LogP contribution in [0.3, 0.4) is 0 Å². The summed E-state index contributed by atoms with van der Waals surface area (Å²) in [7, 11) is 0. The molecule has 1 heterocycles. The first-order chi connectivity index (χ1) is 9.97. The van der Waals surface area contributed by atoms with Crippen molar-refractivity contribution < 1.29 is 4.79 Å². The fourth-order valence-corrected chi connectivity index (χ4v) is 2.44. The van der Waals surface area contributed by atoms with Gasteiger partial charge in [0.15, 0.2) is 0 Å². The number of aryl methyl sites for hydroxylation is 4. The minimum Gasteiger partial charge on any atom is -0.268 e. The Hall–Kier alpha value is -2.42. The highest BCUT2D eigenvalue weighted by Gasteiger charge is 2.13. The van der Waals surface area contributed by atoms with Crippen molar-refractivity contribution in [2.45, 2.75) is 27.7 Å². The van der Waals surface area contributed by atoms with Gasteiger partial charge in [0.05, 0.1) is 11.0 Å². The molecule has 0 saturated heterocycles. The molecule has 3 aromatic rings. The standard InChI is InChI=1S/C18H18N2O/c1-11-5-6-15(7-12(11)2)18(21)20-10-19-16-8-13(3)14(4)9-17(16)20/h5-10H,1-4H3. The minimum absolute atomic E-state index is 0.0381. The summed E-state index contributed by atoms with van der Waals surface area (Å²) in [6, 6.07) is 9.84. The lowest BCUT2D eigenvalue weighted by atomic mass is 10.1. The van der Waals surface area contributed by atoms with Crippen molar-refractivity contribution >= 4 is 16.9 Å². The summed E-state index contributed by atoms with van der Waals surface area (Å²) in [5, 5.41) is 0. The quantitative estimate of drug-likeness (QED) is 0.675. The van der Waals surface area contributed by atoms with Crippen molar-refractivity contribution in [3.05, 3.63) is 64.5 Å². The Morgan fingerprint density at radius 2 is 1.57 bits per heavy atom. The topological polar surface area (TPSA) is 34.9 Å². The number of benzene rings is 2. The molecule has 0 radical (unpaired) electrons. The molecule has 0 aliphatic rings. The minimum atomic E-state index is -0.0381. The molecule has 0 fully saturated rings. The van der Waals surface area contributed by atoms with E-state index in [0.717, 1.165) is 22.2 Å². The second-order valence-corrected chi connectivity index (χ2v) is 5.64. The number of carbonyl (C=O) groups excluding carboxylic acids is 1. The van der Waals surface area contributed by atoms with Crippen LogP contribution in [0.5, 0.6) is 0 Å². The first-order valence-corrected chi connectivity index (χ1v) is 7.03. The highest BCUT2D eigenvalue weighted by Crippen LogP contribution is 2.20. The Labute approximate surface area is 124 Å². The largest absolute Gasteiger partial charge is 0.268 e. The lowest BCUT2D eigenvalue weighted by Crippen LogP contribution is -2.11. The van der Waals surface area contributed by atoms with Crippen LogP contribution >= 0.6 is 0 Å². The van der Waals surface area contributed by atoms with Crippen LogP contribution in [0.1, 0.15) is 32.6 Å². The van der Waals surface area contributed by atoms with E-state index in [9.17, 15) is 4.79 Å². The van der Waals surface area contributed by atoms with Gasteiger partial charge in [-0.05, 0) is 74.2 Å². The molecule has 21 heavy (non-hydrogen) atoms. The van der Waals surface area contributed by atoms with Crippen LogP contribution in [-0.4, -0.2) is 15.5 Å².